The summed E-state index contributed by atoms with van der Waals surface area (Å²) in [6.07, 6.45) is 3.12. The van der Waals surface area contributed by atoms with Crippen LogP contribution in [0, 0.1) is 27.7 Å². The number of aromatic nitrogens is 3. The number of ether oxygens (including phenoxy) is 2. The Morgan fingerprint density at radius 3 is 2.62 bits per heavy atom. The number of hydrogen-bond donors (Lipinski definition) is 2. The monoisotopic (exact) mass is 629 g/mol. The number of benzene rings is 2. The summed E-state index contributed by atoms with van der Waals surface area (Å²) in [5.74, 6) is -0.611. The number of nitrogens with zero attached hydrogens (tertiary/aromatic N) is 3. The molecule has 0 amide bonds. The Morgan fingerprint density at radius 2 is 1.93 bits per heavy atom. The van der Waals surface area contributed by atoms with Crippen LogP contribution in [-0.4, -0.2) is 44.0 Å². The number of esters is 1. The number of Topliss-reactive ketones (excluding diaryl/α,β-unsaturated/α-hetero) is 1. The SMILES string of the molecule is Cc1nn(C)c(O)c1C1=C([O-])/C(=C/c2sc3ccccc3[n+]2CCCOC(=O)C2(C)CCc3c(C)c(O)c(C)c(C)c3O2)C1=O. The lowest BCUT2D eigenvalue weighted by Gasteiger charge is -2.35. The number of aryl methyl sites for hydroxylation is 3. The summed E-state index contributed by atoms with van der Waals surface area (Å²) in [4.78, 5) is 26.4. The number of aromatic hydroxyl groups is 2. The normalized spacial score (nSPS) is 18.7. The number of rotatable bonds is 7. The third-order valence-electron chi connectivity index (χ3n) is 9.00. The molecular formula is C34H35N3O7S. The largest absolute Gasteiger partial charge is 0.871 e. The molecule has 234 valence electrons. The quantitative estimate of drug-likeness (QED) is 0.135. The summed E-state index contributed by atoms with van der Waals surface area (Å²) in [6, 6.07) is 7.79. The summed E-state index contributed by atoms with van der Waals surface area (Å²) < 4.78 is 16.2. The van der Waals surface area contributed by atoms with Crippen molar-refractivity contribution in [3.8, 4) is 17.4 Å². The van der Waals surface area contributed by atoms with E-state index in [9.17, 15) is 24.9 Å². The van der Waals surface area contributed by atoms with Gasteiger partial charge in [-0.3, -0.25) is 4.79 Å². The average molecular weight is 630 g/mol. The molecule has 0 saturated carbocycles. The van der Waals surface area contributed by atoms with Gasteiger partial charge in [0.15, 0.2) is 12.3 Å². The van der Waals surface area contributed by atoms with Crippen LogP contribution in [0.1, 0.15) is 58.3 Å². The van der Waals surface area contributed by atoms with E-state index in [1.54, 1.807) is 27.0 Å². The van der Waals surface area contributed by atoms with Gasteiger partial charge in [-0.15, -0.1) is 0 Å². The molecule has 1 aliphatic heterocycles. The highest BCUT2D eigenvalue weighted by Crippen LogP contribution is 2.44. The third-order valence-corrected chi connectivity index (χ3v) is 10.1. The number of phenols is 1. The second kappa shape index (κ2) is 11.1. The third kappa shape index (κ3) is 4.86. The van der Waals surface area contributed by atoms with Crippen molar-refractivity contribution in [1.29, 1.82) is 0 Å². The number of allylic oxidation sites excluding steroid dienone is 2. The van der Waals surface area contributed by atoms with Crippen molar-refractivity contribution in [2.45, 2.75) is 66.0 Å². The summed E-state index contributed by atoms with van der Waals surface area (Å²) >= 11 is 1.46. The van der Waals surface area contributed by atoms with Gasteiger partial charge in [0, 0.05) is 48.7 Å². The van der Waals surface area contributed by atoms with Crippen LogP contribution >= 0.6 is 11.3 Å². The summed E-state index contributed by atoms with van der Waals surface area (Å²) in [7, 11) is 1.55. The molecule has 0 bridgehead atoms. The van der Waals surface area contributed by atoms with Crippen LogP contribution in [0.4, 0.5) is 0 Å². The number of hydrogen-bond acceptors (Lipinski definition) is 9. The highest BCUT2D eigenvalue weighted by atomic mass is 32.1. The number of fused-ring (bicyclic) bond motifs is 2. The van der Waals surface area contributed by atoms with Crippen LogP contribution in [0.3, 0.4) is 0 Å². The second-order valence-electron chi connectivity index (χ2n) is 11.9. The Balaban J connectivity index is 1.18. The first-order chi connectivity index (χ1) is 21.3. The molecule has 1 atom stereocenters. The van der Waals surface area contributed by atoms with Gasteiger partial charge in [0.05, 0.1) is 17.9 Å². The lowest BCUT2D eigenvalue weighted by atomic mass is 9.83. The zero-order chi connectivity index (χ0) is 32.4. The Bertz CT molecular complexity index is 1980. The van der Waals surface area contributed by atoms with Crippen molar-refractivity contribution < 1.29 is 38.9 Å². The number of phenolic OH excluding ortho intramolecular Hbond substituents is 1. The predicted octanol–water partition coefficient (Wildman–Crippen LogP) is 4.02. The average Bonchev–Trinajstić information content (AvgIpc) is 3.50. The molecule has 1 unspecified atom stereocenters. The van der Waals surface area contributed by atoms with E-state index >= 15 is 0 Å². The molecule has 3 heterocycles. The molecule has 10 nitrogen and oxygen atoms in total. The topological polar surface area (TPSA) is 138 Å². The van der Waals surface area contributed by atoms with Gasteiger partial charge < -0.3 is 24.8 Å². The van der Waals surface area contributed by atoms with Crippen LogP contribution in [0.25, 0.3) is 21.9 Å². The van der Waals surface area contributed by atoms with E-state index in [2.05, 4.69) is 5.10 Å². The fourth-order valence-corrected chi connectivity index (χ4v) is 7.29. The standard InChI is InChI=1S/C34H35N3O7S/c1-17-18(2)31-21(19(3)28(17)38)12-13-34(5,44-31)33(42)43-15-9-14-37-23-10-7-8-11-24(23)45-25(37)16-22-29(39)27(30(22)40)26-20(4)35-36(6)32(26)41/h7-8,10-11,16H,9,12-15H2,1-6H3,(H2,38,39,40). The Labute approximate surface area is 264 Å². The Hall–Kier alpha value is -4.64. The van der Waals surface area contributed by atoms with Gasteiger partial charge in [-0.05, 0) is 63.8 Å². The number of thiazole rings is 1. The molecule has 11 heteroatoms. The molecule has 0 spiro atoms. The number of carbonyl (C=O) groups is 2. The van der Waals surface area contributed by atoms with E-state index in [0.29, 0.717) is 42.3 Å². The molecule has 1 aliphatic carbocycles. The van der Waals surface area contributed by atoms with Gasteiger partial charge in [-0.1, -0.05) is 29.2 Å². The highest BCUT2D eigenvalue weighted by Gasteiger charge is 2.42. The van der Waals surface area contributed by atoms with E-state index in [-0.39, 0.29) is 34.9 Å². The molecule has 2 aromatic carbocycles. The van der Waals surface area contributed by atoms with Crippen LogP contribution in [0.2, 0.25) is 0 Å². The van der Waals surface area contributed by atoms with Gasteiger partial charge in [0.2, 0.25) is 17.0 Å². The fraction of sp³-hybridized carbons (Fsp3) is 0.353. The minimum Gasteiger partial charge on any atom is -0.871 e. The van der Waals surface area contributed by atoms with E-state index in [1.807, 2.05) is 49.6 Å². The van der Waals surface area contributed by atoms with Crippen molar-refractivity contribution in [2.24, 2.45) is 7.05 Å². The summed E-state index contributed by atoms with van der Waals surface area (Å²) in [6.45, 7) is 9.60. The van der Waals surface area contributed by atoms with Crippen LogP contribution < -0.4 is 14.4 Å². The summed E-state index contributed by atoms with van der Waals surface area (Å²) in [5, 5.41) is 38.8. The molecule has 2 N–H and O–H groups in total. The first-order valence-corrected chi connectivity index (χ1v) is 15.7. The predicted molar refractivity (Wildman–Crippen MR) is 167 cm³/mol. The van der Waals surface area contributed by atoms with Gasteiger partial charge >= 0.3 is 5.97 Å². The molecule has 4 aromatic rings. The molecule has 45 heavy (non-hydrogen) atoms. The van der Waals surface area contributed by atoms with Gasteiger partial charge in [0.1, 0.15) is 16.2 Å². The Kier molecular flexibility index (Phi) is 7.47. The smallest absolute Gasteiger partial charge is 0.350 e. The molecule has 0 saturated heterocycles. The molecule has 0 fully saturated rings. The number of ketones is 1. The van der Waals surface area contributed by atoms with Crippen molar-refractivity contribution >= 4 is 45.0 Å². The van der Waals surface area contributed by atoms with Crippen molar-refractivity contribution in [3.05, 3.63) is 74.1 Å². The maximum atomic E-state index is 13.3. The lowest BCUT2D eigenvalue weighted by Crippen LogP contribution is -2.46. The second-order valence-corrected chi connectivity index (χ2v) is 13.0. The van der Waals surface area contributed by atoms with Gasteiger partial charge in [0.25, 0.3) is 5.01 Å². The van der Waals surface area contributed by atoms with E-state index in [1.165, 1.54) is 16.0 Å². The van der Waals surface area contributed by atoms with E-state index < -0.39 is 23.1 Å². The molecule has 0 radical (unpaired) electrons. The van der Waals surface area contributed by atoms with Crippen molar-refractivity contribution in [1.82, 2.24) is 9.78 Å². The highest BCUT2D eigenvalue weighted by molar-refractivity contribution is 7.18. The van der Waals surface area contributed by atoms with Crippen LogP contribution in [0.15, 0.2) is 35.6 Å². The minimum atomic E-state index is -1.15. The summed E-state index contributed by atoms with van der Waals surface area (Å²) in [5.41, 5.74) is 3.62. The van der Waals surface area contributed by atoms with Crippen LogP contribution in [-0.2, 0) is 34.3 Å². The zero-order valence-corrected chi connectivity index (χ0v) is 26.9. The molecule has 2 aliphatic rings. The van der Waals surface area contributed by atoms with Crippen LogP contribution in [0.5, 0.6) is 17.4 Å². The number of para-hydroxylation sites is 1. The zero-order valence-electron chi connectivity index (χ0n) is 26.1. The first-order valence-electron chi connectivity index (χ1n) is 14.8. The molecular weight excluding hydrogens is 594 g/mol. The maximum absolute atomic E-state index is 13.3. The van der Waals surface area contributed by atoms with Gasteiger partial charge in [-0.25, -0.2) is 9.48 Å². The fourth-order valence-electron chi connectivity index (χ4n) is 6.16. The number of carbonyl (C=O) groups excluding carboxylic acids is 2. The van der Waals surface area contributed by atoms with Crippen molar-refractivity contribution in [2.75, 3.05) is 6.61 Å². The van der Waals surface area contributed by atoms with E-state index in [0.717, 1.165) is 32.5 Å². The molecule has 6 rings (SSSR count). The van der Waals surface area contributed by atoms with Crippen molar-refractivity contribution in [3.63, 3.8) is 0 Å². The maximum Gasteiger partial charge on any atom is 0.350 e. The Morgan fingerprint density at radius 1 is 1.20 bits per heavy atom. The lowest BCUT2D eigenvalue weighted by molar-refractivity contribution is -0.669. The molecule has 2 aromatic heterocycles. The minimum absolute atomic E-state index is 0.0520. The first kappa shape index (κ1) is 30.4. The van der Waals surface area contributed by atoms with Gasteiger partial charge in [-0.2, -0.15) is 9.67 Å². The van der Waals surface area contributed by atoms with E-state index in [4.69, 9.17) is 9.47 Å².